The Morgan fingerprint density at radius 1 is 0.955 bits per heavy atom. The van der Waals surface area contributed by atoms with Gasteiger partial charge in [-0.05, 0) is 43.3 Å². The summed E-state index contributed by atoms with van der Waals surface area (Å²) < 4.78 is 2.02. The molecule has 0 atom stereocenters. The second-order valence-electron chi connectivity index (χ2n) is 5.52. The van der Waals surface area contributed by atoms with Gasteiger partial charge >= 0.3 is 0 Å². The molecule has 114 valence electrons. The van der Waals surface area contributed by atoms with Crippen molar-refractivity contribution in [3.05, 3.63) is 60.3 Å². The average molecular weight is 293 g/mol. The van der Waals surface area contributed by atoms with E-state index in [2.05, 4.69) is 54.2 Å². The number of para-hydroxylation sites is 1. The highest BCUT2D eigenvalue weighted by Crippen LogP contribution is 2.22. The maximum atomic E-state index is 4.60. The smallest absolute Gasteiger partial charge is 0.0743 e. The Balaban J connectivity index is 1.92. The molecule has 0 bridgehead atoms. The van der Waals surface area contributed by atoms with E-state index in [1.165, 1.54) is 16.5 Å². The summed E-state index contributed by atoms with van der Waals surface area (Å²) in [4.78, 5) is 2.46. The molecule has 0 spiro atoms. The molecule has 3 rings (SSSR count). The van der Waals surface area contributed by atoms with Crippen molar-refractivity contribution >= 4 is 10.9 Å². The molecule has 1 aromatic heterocycles. The molecular formula is C19H23N3. The molecule has 3 nitrogen and oxygen atoms in total. The number of benzene rings is 2. The van der Waals surface area contributed by atoms with Gasteiger partial charge in [-0.3, -0.25) is 0 Å². The minimum Gasteiger partial charge on any atom is -0.304 e. The zero-order chi connectivity index (χ0) is 15.4. The first-order valence-electron chi connectivity index (χ1n) is 8.07. The summed E-state index contributed by atoms with van der Waals surface area (Å²) >= 11 is 0. The third-order valence-electron chi connectivity index (χ3n) is 4.30. The Morgan fingerprint density at radius 3 is 2.45 bits per heavy atom. The lowest BCUT2D eigenvalue weighted by Gasteiger charge is -2.17. The van der Waals surface area contributed by atoms with Gasteiger partial charge in [0.1, 0.15) is 0 Å². The summed E-state index contributed by atoms with van der Waals surface area (Å²) in [6.45, 7) is 7.75. The van der Waals surface area contributed by atoms with Crippen molar-refractivity contribution in [1.82, 2.24) is 14.7 Å². The summed E-state index contributed by atoms with van der Waals surface area (Å²) in [5.74, 6) is 0. The van der Waals surface area contributed by atoms with Crippen LogP contribution in [-0.2, 0) is 6.42 Å². The quantitative estimate of drug-likeness (QED) is 0.687. The van der Waals surface area contributed by atoms with Crippen LogP contribution in [0.4, 0.5) is 0 Å². The lowest BCUT2D eigenvalue weighted by molar-refractivity contribution is 0.308. The van der Waals surface area contributed by atoms with Gasteiger partial charge in [0, 0.05) is 11.9 Å². The topological polar surface area (TPSA) is 21.1 Å². The lowest BCUT2D eigenvalue weighted by atomic mass is 10.1. The molecule has 0 N–H and O–H groups in total. The number of hydrogen-bond donors (Lipinski definition) is 0. The van der Waals surface area contributed by atoms with Gasteiger partial charge in [0.2, 0.25) is 0 Å². The predicted molar refractivity (Wildman–Crippen MR) is 92.6 cm³/mol. The minimum atomic E-state index is 1.07. The summed E-state index contributed by atoms with van der Waals surface area (Å²) in [6.07, 6.45) is 3.07. The van der Waals surface area contributed by atoms with Gasteiger partial charge in [0.05, 0.1) is 17.4 Å². The maximum absolute atomic E-state index is 4.60. The van der Waals surface area contributed by atoms with Crippen LogP contribution in [0.5, 0.6) is 0 Å². The van der Waals surface area contributed by atoms with E-state index in [1.807, 2.05) is 29.1 Å². The van der Waals surface area contributed by atoms with Gasteiger partial charge in [-0.15, -0.1) is 0 Å². The summed E-state index contributed by atoms with van der Waals surface area (Å²) in [7, 11) is 0. The Labute approximate surface area is 132 Å². The van der Waals surface area contributed by atoms with Crippen LogP contribution in [0.1, 0.15) is 19.4 Å². The molecule has 0 saturated carbocycles. The Morgan fingerprint density at radius 2 is 1.73 bits per heavy atom. The first kappa shape index (κ1) is 14.8. The van der Waals surface area contributed by atoms with E-state index in [9.17, 15) is 0 Å². The van der Waals surface area contributed by atoms with Crippen LogP contribution in [0.3, 0.4) is 0 Å². The van der Waals surface area contributed by atoms with Crippen LogP contribution in [0.25, 0.3) is 16.6 Å². The number of rotatable bonds is 6. The van der Waals surface area contributed by atoms with Gasteiger partial charge in [-0.25, -0.2) is 4.68 Å². The summed E-state index contributed by atoms with van der Waals surface area (Å²) in [6, 6.07) is 16.8. The van der Waals surface area contributed by atoms with E-state index in [1.54, 1.807) is 0 Å². The number of aromatic nitrogens is 2. The van der Waals surface area contributed by atoms with Crippen molar-refractivity contribution in [3.63, 3.8) is 0 Å². The normalized spacial score (nSPS) is 11.4. The molecule has 22 heavy (non-hydrogen) atoms. The van der Waals surface area contributed by atoms with E-state index in [0.29, 0.717) is 0 Å². The second-order valence-corrected chi connectivity index (χ2v) is 5.52. The van der Waals surface area contributed by atoms with Gasteiger partial charge in [0.25, 0.3) is 0 Å². The average Bonchev–Trinajstić information content (AvgIpc) is 3.01. The Hall–Kier alpha value is -2.13. The largest absolute Gasteiger partial charge is 0.304 e. The highest BCUT2D eigenvalue weighted by Gasteiger charge is 2.09. The second kappa shape index (κ2) is 6.75. The molecule has 3 heteroatoms. The zero-order valence-corrected chi connectivity index (χ0v) is 13.4. The molecule has 3 aromatic rings. The number of hydrogen-bond acceptors (Lipinski definition) is 2. The Kier molecular flexibility index (Phi) is 4.54. The molecule has 0 unspecified atom stereocenters. The monoisotopic (exact) mass is 293 g/mol. The Bertz CT molecular complexity index is 727. The van der Waals surface area contributed by atoms with Crippen molar-refractivity contribution in [1.29, 1.82) is 0 Å². The van der Waals surface area contributed by atoms with Crippen molar-refractivity contribution < 1.29 is 0 Å². The van der Waals surface area contributed by atoms with Crippen LogP contribution < -0.4 is 0 Å². The number of likely N-dealkylation sites (N-methyl/N-ethyl adjacent to an activating group) is 1. The third kappa shape index (κ3) is 2.90. The minimum absolute atomic E-state index is 1.07. The lowest BCUT2D eigenvalue weighted by Crippen LogP contribution is -2.25. The molecule has 0 aliphatic rings. The molecule has 1 heterocycles. The third-order valence-corrected chi connectivity index (χ3v) is 4.30. The highest BCUT2D eigenvalue weighted by atomic mass is 15.3. The summed E-state index contributed by atoms with van der Waals surface area (Å²) in [5.41, 5.74) is 3.67. The van der Waals surface area contributed by atoms with E-state index in [-0.39, 0.29) is 0 Å². The summed E-state index contributed by atoms with van der Waals surface area (Å²) in [5, 5.41) is 5.86. The zero-order valence-electron chi connectivity index (χ0n) is 13.4. The highest BCUT2D eigenvalue weighted by molar-refractivity contribution is 5.83. The molecule has 0 amide bonds. The van der Waals surface area contributed by atoms with Gasteiger partial charge < -0.3 is 4.90 Å². The van der Waals surface area contributed by atoms with E-state index < -0.39 is 0 Å². The molecule has 2 aromatic carbocycles. The molecule has 0 aliphatic heterocycles. The van der Waals surface area contributed by atoms with E-state index in [4.69, 9.17) is 0 Å². The predicted octanol–water partition coefficient (Wildman–Crippen LogP) is 3.91. The van der Waals surface area contributed by atoms with Crippen molar-refractivity contribution in [3.8, 4) is 5.69 Å². The fourth-order valence-electron chi connectivity index (χ4n) is 2.92. The van der Waals surface area contributed by atoms with Gasteiger partial charge in [-0.1, -0.05) is 44.2 Å². The maximum Gasteiger partial charge on any atom is 0.0743 e. The molecular weight excluding hydrogens is 270 g/mol. The van der Waals surface area contributed by atoms with Crippen molar-refractivity contribution in [2.75, 3.05) is 19.6 Å². The fourth-order valence-corrected chi connectivity index (χ4v) is 2.92. The van der Waals surface area contributed by atoms with Gasteiger partial charge in [0.15, 0.2) is 0 Å². The van der Waals surface area contributed by atoms with Crippen LogP contribution in [-0.4, -0.2) is 34.3 Å². The number of fused-ring (bicyclic) bond motifs is 1. The van der Waals surface area contributed by atoms with Crippen LogP contribution in [0, 0.1) is 0 Å². The standard InChI is InChI=1S/C19H23N3/c1-3-21(4-2)14-13-16-9-8-12-19-18(16)15-20-22(19)17-10-6-5-7-11-17/h5-12,15H,3-4,13-14H2,1-2H3. The number of nitrogens with zero attached hydrogens (tertiary/aromatic N) is 3. The van der Waals surface area contributed by atoms with Crippen LogP contribution in [0.2, 0.25) is 0 Å². The van der Waals surface area contributed by atoms with Crippen LogP contribution in [0.15, 0.2) is 54.7 Å². The van der Waals surface area contributed by atoms with E-state index in [0.717, 1.165) is 31.7 Å². The van der Waals surface area contributed by atoms with Crippen LogP contribution >= 0.6 is 0 Å². The van der Waals surface area contributed by atoms with Crippen molar-refractivity contribution in [2.24, 2.45) is 0 Å². The molecule has 0 radical (unpaired) electrons. The SMILES string of the molecule is CCN(CC)CCc1cccc2c1cnn2-c1ccccc1. The van der Waals surface area contributed by atoms with Crippen molar-refractivity contribution in [2.45, 2.75) is 20.3 Å². The fraction of sp³-hybridized carbons (Fsp3) is 0.316. The van der Waals surface area contributed by atoms with Gasteiger partial charge in [-0.2, -0.15) is 5.10 Å². The molecule has 0 aliphatic carbocycles. The first-order chi connectivity index (χ1) is 10.8. The first-order valence-corrected chi connectivity index (χ1v) is 8.07. The van der Waals surface area contributed by atoms with E-state index >= 15 is 0 Å². The molecule has 0 fully saturated rings. The molecule has 0 saturated heterocycles.